The summed E-state index contributed by atoms with van der Waals surface area (Å²) in [6.07, 6.45) is 0. The molecule has 2 rings (SSSR count). The van der Waals surface area contributed by atoms with Crippen LogP contribution in [0.5, 0.6) is 5.75 Å². The molecule has 20 heavy (non-hydrogen) atoms. The molecule has 0 unspecified atom stereocenters. The van der Waals surface area contributed by atoms with E-state index in [2.05, 4.69) is 4.98 Å². The number of hydrogen-bond donors (Lipinski definition) is 1. The van der Waals surface area contributed by atoms with Crippen molar-refractivity contribution < 1.29 is 14.6 Å². The number of carbonyl (C=O) groups excluding carboxylic acids is 1. The third kappa shape index (κ3) is 2.34. The molecule has 6 heteroatoms. The fraction of sp³-hybridized carbons (Fsp3) is 0.429. The average molecular weight is 277 g/mol. The van der Waals surface area contributed by atoms with Crippen LogP contribution in [-0.4, -0.2) is 53.3 Å². The summed E-state index contributed by atoms with van der Waals surface area (Å²) in [7, 11) is 4.93. The molecule has 1 heterocycles. The van der Waals surface area contributed by atoms with Gasteiger partial charge in [0.05, 0.1) is 17.7 Å². The zero-order valence-corrected chi connectivity index (χ0v) is 12.2. The van der Waals surface area contributed by atoms with Crippen molar-refractivity contribution >= 4 is 16.9 Å². The molecule has 1 aromatic heterocycles. The number of benzene rings is 1. The third-order valence-electron chi connectivity index (χ3n) is 3.24. The van der Waals surface area contributed by atoms with Crippen molar-refractivity contribution in [3.05, 3.63) is 23.5 Å². The molecule has 0 aliphatic carbocycles. The van der Waals surface area contributed by atoms with Crippen LogP contribution in [0.15, 0.2) is 12.1 Å². The lowest BCUT2D eigenvalue weighted by molar-refractivity contribution is 0.0825. The number of aromatic hydroxyl groups is 1. The Hall–Kier alpha value is -2.08. The SMILES string of the molecule is COCCn1c(C)nc2c(O)c(C(=O)N(C)C)ccc21. The molecule has 2 aromatic rings. The summed E-state index contributed by atoms with van der Waals surface area (Å²) in [5.41, 5.74) is 1.51. The highest BCUT2D eigenvalue weighted by Crippen LogP contribution is 2.29. The molecule has 6 nitrogen and oxygen atoms in total. The number of phenolic OH excluding ortho intramolecular Hbond substituents is 1. The van der Waals surface area contributed by atoms with Gasteiger partial charge in [-0.15, -0.1) is 0 Å². The Balaban J connectivity index is 2.55. The molecule has 0 aliphatic rings. The smallest absolute Gasteiger partial charge is 0.257 e. The van der Waals surface area contributed by atoms with E-state index in [4.69, 9.17) is 4.74 Å². The minimum Gasteiger partial charge on any atom is -0.505 e. The van der Waals surface area contributed by atoms with Crippen molar-refractivity contribution in [1.82, 2.24) is 14.5 Å². The fourth-order valence-electron chi connectivity index (χ4n) is 2.17. The van der Waals surface area contributed by atoms with E-state index in [0.717, 1.165) is 11.3 Å². The first-order valence-electron chi connectivity index (χ1n) is 6.36. The normalized spacial score (nSPS) is 11.0. The highest BCUT2D eigenvalue weighted by Gasteiger charge is 2.19. The van der Waals surface area contributed by atoms with Gasteiger partial charge >= 0.3 is 0 Å². The number of ether oxygens (including phenoxy) is 1. The van der Waals surface area contributed by atoms with Gasteiger partial charge in [-0.3, -0.25) is 4.79 Å². The molecular formula is C14H19N3O3. The number of aromatic nitrogens is 2. The van der Waals surface area contributed by atoms with Gasteiger partial charge in [0.15, 0.2) is 5.75 Å². The summed E-state index contributed by atoms with van der Waals surface area (Å²) in [6, 6.07) is 3.44. The average Bonchev–Trinajstić information content (AvgIpc) is 2.73. The summed E-state index contributed by atoms with van der Waals surface area (Å²) in [5, 5.41) is 10.3. The predicted molar refractivity (Wildman–Crippen MR) is 76.0 cm³/mol. The Morgan fingerprint density at radius 1 is 1.45 bits per heavy atom. The number of aryl methyl sites for hydroxylation is 1. The minimum atomic E-state index is -0.242. The molecule has 0 spiro atoms. The van der Waals surface area contributed by atoms with Crippen LogP contribution in [-0.2, 0) is 11.3 Å². The van der Waals surface area contributed by atoms with Gasteiger partial charge in [-0.25, -0.2) is 4.98 Å². The van der Waals surface area contributed by atoms with Crippen LogP contribution in [0.2, 0.25) is 0 Å². The molecule has 1 amide bonds. The first-order chi connectivity index (χ1) is 9.47. The maximum absolute atomic E-state index is 12.0. The van der Waals surface area contributed by atoms with E-state index >= 15 is 0 Å². The van der Waals surface area contributed by atoms with Gasteiger partial charge in [-0.2, -0.15) is 0 Å². The largest absolute Gasteiger partial charge is 0.505 e. The third-order valence-corrected chi connectivity index (χ3v) is 3.24. The molecule has 0 saturated heterocycles. The maximum Gasteiger partial charge on any atom is 0.257 e. The second-order valence-corrected chi connectivity index (χ2v) is 4.83. The van der Waals surface area contributed by atoms with Crippen LogP contribution in [0.3, 0.4) is 0 Å². The van der Waals surface area contributed by atoms with E-state index in [1.165, 1.54) is 4.90 Å². The minimum absolute atomic E-state index is 0.0690. The Labute approximate surface area is 117 Å². The summed E-state index contributed by atoms with van der Waals surface area (Å²) in [6.45, 7) is 3.08. The van der Waals surface area contributed by atoms with Crippen LogP contribution in [0.1, 0.15) is 16.2 Å². The van der Waals surface area contributed by atoms with E-state index < -0.39 is 0 Å². The summed E-state index contributed by atoms with van der Waals surface area (Å²) in [5.74, 6) is 0.468. The number of imidazole rings is 1. The van der Waals surface area contributed by atoms with Crippen LogP contribution >= 0.6 is 0 Å². The zero-order chi connectivity index (χ0) is 14.9. The Kier molecular flexibility index (Phi) is 3.94. The zero-order valence-electron chi connectivity index (χ0n) is 12.2. The first kappa shape index (κ1) is 14.3. The van der Waals surface area contributed by atoms with Crippen LogP contribution in [0.4, 0.5) is 0 Å². The van der Waals surface area contributed by atoms with E-state index in [1.807, 2.05) is 11.5 Å². The number of amides is 1. The Bertz CT molecular complexity index is 647. The van der Waals surface area contributed by atoms with Crippen LogP contribution in [0.25, 0.3) is 11.0 Å². The van der Waals surface area contributed by atoms with E-state index in [9.17, 15) is 9.90 Å². The lowest BCUT2D eigenvalue weighted by atomic mass is 10.1. The number of phenols is 1. The second kappa shape index (κ2) is 5.50. The van der Waals surface area contributed by atoms with Crippen molar-refractivity contribution in [2.45, 2.75) is 13.5 Å². The predicted octanol–water partition coefficient (Wildman–Crippen LogP) is 1.40. The summed E-state index contributed by atoms with van der Waals surface area (Å²) in [4.78, 5) is 17.8. The molecule has 0 bridgehead atoms. The van der Waals surface area contributed by atoms with Crippen molar-refractivity contribution in [3.8, 4) is 5.75 Å². The Morgan fingerprint density at radius 3 is 2.75 bits per heavy atom. The molecule has 1 aromatic carbocycles. The van der Waals surface area contributed by atoms with Gasteiger partial charge in [-0.1, -0.05) is 0 Å². The monoisotopic (exact) mass is 277 g/mol. The molecule has 0 aliphatic heterocycles. The van der Waals surface area contributed by atoms with E-state index in [1.54, 1.807) is 33.3 Å². The standard InChI is InChI=1S/C14H19N3O3/c1-9-15-12-11(17(9)7-8-20-4)6-5-10(13(12)18)14(19)16(2)3/h5-6,18H,7-8H2,1-4H3. The van der Waals surface area contributed by atoms with Gasteiger partial charge in [0.2, 0.25) is 0 Å². The van der Waals surface area contributed by atoms with Crippen LogP contribution in [0, 0.1) is 6.92 Å². The van der Waals surface area contributed by atoms with E-state index in [0.29, 0.717) is 18.7 Å². The lowest BCUT2D eigenvalue weighted by Crippen LogP contribution is -2.21. The van der Waals surface area contributed by atoms with E-state index in [-0.39, 0.29) is 17.2 Å². The Morgan fingerprint density at radius 2 is 2.15 bits per heavy atom. The number of nitrogens with zero attached hydrogens (tertiary/aromatic N) is 3. The number of methoxy groups -OCH3 is 1. The first-order valence-corrected chi connectivity index (χ1v) is 6.36. The summed E-state index contributed by atoms with van der Waals surface area (Å²) < 4.78 is 7.03. The molecular weight excluding hydrogens is 258 g/mol. The lowest BCUT2D eigenvalue weighted by Gasteiger charge is -2.12. The fourth-order valence-corrected chi connectivity index (χ4v) is 2.17. The number of rotatable bonds is 4. The molecule has 108 valence electrons. The molecule has 1 N–H and O–H groups in total. The maximum atomic E-state index is 12.0. The van der Waals surface area contributed by atoms with Crippen molar-refractivity contribution in [2.75, 3.05) is 27.8 Å². The molecule has 0 fully saturated rings. The molecule has 0 radical (unpaired) electrons. The van der Waals surface area contributed by atoms with Gasteiger partial charge in [0, 0.05) is 27.7 Å². The van der Waals surface area contributed by atoms with Gasteiger partial charge in [-0.05, 0) is 19.1 Å². The van der Waals surface area contributed by atoms with Gasteiger partial charge in [0.1, 0.15) is 11.3 Å². The van der Waals surface area contributed by atoms with Gasteiger partial charge in [0.25, 0.3) is 5.91 Å². The van der Waals surface area contributed by atoms with Crippen LogP contribution < -0.4 is 0 Å². The highest BCUT2D eigenvalue weighted by atomic mass is 16.5. The topological polar surface area (TPSA) is 67.6 Å². The molecule has 0 atom stereocenters. The second-order valence-electron chi connectivity index (χ2n) is 4.83. The van der Waals surface area contributed by atoms with Crippen molar-refractivity contribution in [3.63, 3.8) is 0 Å². The van der Waals surface area contributed by atoms with Gasteiger partial charge < -0.3 is 19.3 Å². The van der Waals surface area contributed by atoms with Crippen molar-refractivity contribution in [2.24, 2.45) is 0 Å². The number of hydrogen-bond acceptors (Lipinski definition) is 4. The quantitative estimate of drug-likeness (QED) is 0.917. The molecule has 0 saturated carbocycles. The van der Waals surface area contributed by atoms with Crippen molar-refractivity contribution in [1.29, 1.82) is 0 Å². The number of carbonyl (C=O) groups is 1. The number of fused-ring (bicyclic) bond motifs is 1. The highest BCUT2D eigenvalue weighted by molar-refractivity contribution is 6.01. The summed E-state index contributed by atoms with van der Waals surface area (Å²) >= 11 is 0.